The smallest absolute Gasteiger partial charge is 0.0827 e. The second-order valence-electron chi connectivity index (χ2n) is 6.41. The van der Waals surface area contributed by atoms with Crippen molar-refractivity contribution in [3.05, 3.63) is 35.9 Å². The van der Waals surface area contributed by atoms with Crippen LogP contribution in [0.4, 0.5) is 0 Å². The van der Waals surface area contributed by atoms with Crippen LogP contribution in [0.1, 0.15) is 44.2 Å². The predicted molar refractivity (Wildman–Crippen MR) is 86.4 cm³/mol. The van der Waals surface area contributed by atoms with Gasteiger partial charge in [0.05, 0.1) is 12.7 Å². The van der Waals surface area contributed by atoms with Gasteiger partial charge in [0, 0.05) is 25.2 Å². The molecule has 3 rings (SSSR count). The molecular formula is C18H28N2O. The lowest BCUT2D eigenvalue weighted by Gasteiger charge is -2.36. The Labute approximate surface area is 128 Å². The number of rotatable bonds is 6. The monoisotopic (exact) mass is 288 g/mol. The van der Waals surface area contributed by atoms with Gasteiger partial charge in [-0.25, -0.2) is 0 Å². The summed E-state index contributed by atoms with van der Waals surface area (Å²) in [6.07, 6.45) is 5.40. The Morgan fingerprint density at radius 2 is 2.19 bits per heavy atom. The molecule has 2 aliphatic heterocycles. The van der Waals surface area contributed by atoms with Gasteiger partial charge in [0.1, 0.15) is 0 Å². The van der Waals surface area contributed by atoms with Crippen molar-refractivity contribution < 1.29 is 4.74 Å². The van der Waals surface area contributed by atoms with E-state index in [1.165, 1.54) is 37.8 Å². The summed E-state index contributed by atoms with van der Waals surface area (Å²) < 4.78 is 6.05. The Balaban J connectivity index is 1.52. The SMILES string of the molecule is CCCC(NCC1CN2CCCC2CO1)c1ccccc1. The molecule has 0 spiro atoms. The van der Waals surface area contributed by atoms with Crippen molar-refractivity contribution in [3.8, 4) is 0 Å². The Morgan fingerprint density at radius 3 is 3.00 bits per heavy atom. The average molecular weight is 288 g/mol. The highest BCUT2D eigenvalue weighted by molar-refractivity contribution is 5.18. The summed E-state index contributed by atoms with van der Waals surface area (Å²) in [4.78, 5) is 2.62. The number of nitrogens with zero attached hydrogens (tertiary/aromatic N) is 1. The van der Waals surface area contributed by atoms with Crippen LogP contribution < -0.4 is 5.32 Å². The minimum atomic E-state index is 0.349. The molecule has 2 aliphatic rings. The number of ether oxygens (including phenoxy) is 1. The highest BCUT2D eigenvalue weighted by Crippen LogP contribution is 2.23. The summed E-state index contributed by atoms with van der Waals surface area (Å²) in [7, 11) is 0. The molecule has 0 amide bonds. The fourth-order valence-corrected chi connectivity index (χ4v) is 3.64. The van der Waals surface area contributed by atoms with Crippen molar-refractivity contribution in [2.45, 2.75) is 50.8 Å². The van der Waals surface area contributed by atoms with E-state index in [0.29, 0.717) is 18.2 Å². The lowest BCUT2D eigenvalue weighted by atomic mass is 10.0. The van der Waals surface area contributed by atoms with Gasteiger partial charge in [-0.2, -0.15) is 0 Å². The van der Waals surface area contributed by atoms with Gasteiger partial charge in [-0.3, -0.25) is 4.90 Å². The molecule has 0 bridgehead atoms. The molecule has 1 aromatic carbocycles. The standard InChI is InChI=1S/C18H28N2O/c1-2-7-18(15-8-4-3-5-9-15)19-12-17-13-20-11-6-10-16(20)14-21-17/h3-5,8-9,16-19H,2,6-7,10-14H2,1H3. The molecule has 3 unspecified atom stereocenters. The maximum absolute atomic E-state index is 6.05. The molecule has 1 N–H and O–H groups in total. The van der Waals surface area contributed by atoms with Crippen molar-refractivity contribution in [1.82, 2.24) is 10.2 Å². The third-order valence-electron chi connectivity index (χ3n) is 4.83. The van der Waals surface area contributed by atoms with Crippen LogP contribution in [0.5, 0.6) is 0 Å². The maximum Gasteiger partial charge on any atom is 0.0827 e. The van der Waals surface area contributed by atoms with E-state index in [0.717, 1.165) is 19.7 Å². The highest BCUT2D eigenvalue weighted by Gasteiger charge is 2.32. The van der Waals surface area contributed by atoms with E-state index >= 15 is 0 Å². The third kappa shape index (κ3) is 3.85. The van der Waals surface area contributed by atoms with Crippen LogP contribution in [-0.4, -0.2) is 43.3 Å². The zero-order valence-corrected chi connectivity index (χ0v) is 13.1. The summed E-state index contributed by atoms with van der Waals surface area (Å²) in [6.45, 7) is 6.51. The first-order chi connectivity index (χ1) is 10.4. The van der Waals surface area contributed by atoms with Gasteiger partial charge in [0.25, 0.3) is 0 Å². The van der Waals surface area contributed by atoms with Gasteiger partial charge < -0.3 is 10.1 Å². The Kier molecular flexibility index (Phi) is 5.28. The van der Waals surface area contributed by atoms with Crippen LogP contribution in [0.15, 0.2) is 30.3 Å². The van der Waals surface area contributed by atoms with Gasteiger partial charge in [0.2, 0.25) is 0 Å². The van der Waals surface area contributed by atoms with Gasteiger partial charge in [-0.05, 0) is 31.4 Å². The first-order valence-corrected chi connectivity index (χ1v) is 8.50. The molecule has 0 aliphatic carbocycles. The minimum absolute atomic E-state index is 0.349. The number of fused-ring (bicyclic) bond motifs is 1. The molecule has 2 fully saturated rings. The lowest BCUT2D eigenvalue weighted by Crippen LogP contribution is -2.49. The number of hydrogen-bond acceptors (Lipinski definition) is 3. The van der Waals surface area contributed by atoms with Crippen LogP contribution in [0.2, 0.25) is 0 Å². The Hall–Kier alpha value is -0.900. The van der Waals surface area contributed by atoms with E-state index in [-0.39, 0.29) is 0 Å². The van der Waals surface area contributed by atoms with Crippen molar-refractivity contribution in [2.75, 3.05) is 26.2 Å². The molecule has 0 saturated carbocycles. The predicted octanol–water partition coefficient (Wildman–Crippen LogP) is 2.98. The quantitative estimate of drug-likeness (QED) is 0.871. The Morgan fingerprint density at radius 1 is 1.33 bits per heavy atom. The van der Waals surface area contributed by atoms with Gasteiger partial charge in [0.15, 0.2) is 0 Å². The topological polar surface area (TPSA) is 24.5 Å². The Bertz CT molecular complexity index is 422. The summed E-state index contributed by atoms with van der Waals surface area (Å²) in [5, 5.41) is 3.73. The summed E-state index contributed by atoms with van der Waals surface area (Å²) in [5.74, 6) is 0. The van der Waals surface area contributed by atoms with Gasteiger partial charge >= 0.3 is 0 Å². The molecule has 0 radical (unpaired) electrons. The average Bonchev–Trinajstić information content (AvgIpc) is 3.00. The molecule has 2 heterocycles. The normalized spacial score (nSPS) is 27.5. The highest BCUT2D eigenvalue weighted by atomic mass is 16.5. The molecule has 21 heavy (non-hydrogen) atoms. The molecule has 1 aromatic rings. The second-order valence-corrected chi connectivity index (χ2v) is 6.41. The largest absolute Gasteiger partial charge is 0.374 e. The van der Waals surface area contributed by atoms with Crippen molar-refractivity contribution >= 4 is 0 Å². The van der Waals surface area contributed by atoms with E-state index < -0.39 is 0 Å². The van der Waals surface area contributed by atoms with Crippen LogP contribution in [0.3, 0.4) is 0 Å². The van der Waals surface area contributed by atoms with Crippen molar-refractivity contribution in [1.29, 1.82) is 0 Å². The number of morpholine rings is 1. The zero-order chi connectivity index (χ0) is 14.5. The molecule has 116 valence electrons. The lowest BCUT2D eigenvalue weighted by molar-refractivity contribution is -0.0479. The van der Waals surface area contributed by atoms with Crippen LogP contribution in [0.25, 0.3) is 0 Å². The fraction of sp³-hybridized carbons (Fsp3) is 0.667. The maximum atomic E-state index is 6.05. The molecule has 3 nitrogen and oxygen atoms in total. The second kappa shape index (κ2) is 7.39. The van der Waals surface area contributed by atoms with E-state index in [9.17, 15) is 0 Å². The summed E-state index contributed by atoms with van der Waals surface area (Å²) in [6, 6.07) is 12.0. The molecule has 2 saturated heterocycles. The van der Waals surface area contributed by atoms with Crippen LogP contribution in [0, 0.1) is 0 Å². The fourth-order valence-electron chi connectivity index (χ4n) is 3.64. The molecule has 3 heteroatoms. The first kappa shape index (κ1) is 15.0. The number of nitrogens with one attached hydrogen (secondary N) is 1. The zero-order valence-electron chi connectivity index (χ0n) is 13.1. The third-order valence-corrected chi connectivity index (χ3v) is 4.83. The first-order valence-electron chi connectivity index (χ1n) is 8.50. The van der Waals surface area contributed by atoms with E-state index in [1.54, 1.807) is 0 Å². The van der Waals surface area contributed by atoms with Crippen molar-refractivity contribution in [2.24, 2.45) is 0 Å². The van der Waals surface area contributed by atoms with E-state index in [4.69, 9.17) is 4.74 Å². The van der Waals surface area contributed by atoms with Gasteiger partial charge in [-0.15, -0.1) is 0 Å². The molecular weight excluding hydrogens is 260 g/mol. The van der Waals surface area contributed by atoms with E-state index in [1.807, 2.05) is 0 Å². The van der Waals surface area contributed by atoms with Gasteiger partial charge in [-0.1, -0.05) is 43.7 Å². The summed E-state index contributed by atoms with van der Waals surface area (Å²) >= 11 is 0. The summed E-state index contributed by atoms with van der Waals surface area (Å²) in [5.41, 5.74) is 1.40. The number of benzene rings is 1. The van der Waals surface area contributed by atoms with E-state index in [2.05, 4.69) is 47.5 Å². The van der Waals surface area contributed by atoms with Crippen molar-refractivity contribution in [3.63, 3.8) is 0 Å². The van der Waals surface area contributed by atoms with Crippen LogP contribution in [-0.2, 0) is 4.74 Å². The molecule has 0 aromatic heterocycles. The van der Waals surface area contributed by atoms with Crippen LogP contribution >= 0.6 is 0 Å². The minimum Gasteiger partial charge on any atom is -0.374 e. The number of hydrogen-bond donors (Lipinski definition) is 1. The molecule has 3 atom stereocenters.